The highest BCUT2D eigenvalue weighted by Crippen LogP contribution is 2.33. The van der Waals surface area contributed by atoms with Crippen LogP contribution in [0.15, 0.2) is 30.3 Å². The Hall–Kier alpha value is -2.43. The van der Waals surface area contributed by atoms with Crippen molar-refractivity contribution in [2.75, 3.05) is 33.0 Å². The highest BCUT2D eigenvalue weighted by Gasteiger charge is 2.48. The molecule has 174 valence electrons. The standard InChI is InChI=1S/C23H24ClN3O6/c1-23(9-29-10-23)11-32-13-4-2-12(3-5-13)18-14(24)6-15-21(26-18)27-22(25-15)33-17-8-31-19-16(28)7-30-20(17)19/h2-6,16-17,19-20,28H,7-11H2,1H3,(H,25,26,27)/t16-,17-,19-,20-/m1/s1. The number of pyridine rings is 1. The molecule has 3 aromatic rings. The minimum Gasteiger partial charge on any atom is -0.493 e. The van der Waals surface area contributed by atoms with Crippen molar-refractivity contribution < 1.29 is 28.8 Å². The Morgan fingerprint density at radius 2 is 1.94 bits per heavy atom. The lowest BCUT2D eigenvalue weighted by Gasteiger charge is -2.37. The third-order valence-electron chi connectivity index (χ3n) is 6.27. The van der Waals surface area contributed by atoms with Gasteiger partial charge in [-0.3, -0.25) is 0 Å². The molecule has 3 saturated heterocycles. The maximum atomic E-state index is 9.90. The highest BCUT2D eigenvalue weighted by atomic mass is 35.5. The van der Waals surface area contributed by atoms with Crippen LogP contribution in [0.4, 0.5) is 0 Å². The highest BCUT2D eigenvalue weighted by molar-refractivity contribution is 6.33. The van der Waals surface area contributed by atoms with Crippen LogP contribution < -0.4 is 9.47 Å². The molecule has 5 heterocycles. The Balaban J connectivity index is 1.18. The Morgan fingerprint density at radius 1 is 1.15 bits per heavy atom. The lowest BCUT2D eigenvalue weighted by molar-refractivity contribution is -0.120. The lowest BCUT2D eigenvalue weighted by atomic mass is 9.90. The summed E-state index contributed by atoms with van der Waals surface area (Å²) in [6.07, 6.45) is -1.67. The normalized spacial score (nSPS) is 28.0. The fourth-order valence-corrected chi connectivity index (χ4v) is 4.60. The fourth-order valence-electron chi connectivity index (χ4n) is 4.34. The largest absolute Gasteiger partial charge is 0.493 e. The van der Waals surface area contributed by atoms with E-state index in [4.69, 9.17) is 35.3 Å². The molecule has 1 aromatic carbocycles. The van der Waals surface area contributed by atoms with E-state index in [0.29, 0.717) is 41.1 Å². The number of nitrogens with zero attached hydrogens (tertiary/aromatic N) is 2. The van der Waals surface area contributed by atoms with Crippen LogP contribution in [0.25, 0.3) is 22.4 Å². The maximum absolute atomic E-state index is 9.90. The van der Waals surface area contributed by atoms with Crippen LogP contribution in [0, 0.1) is 5.41 Å². The van der Waals surface area contributed by atoms with Crippen LogP contribution in [0.2, 0.25) is 5.02 Å². The summed E-state index contributed by atoms with van der Waals surface area (Å²) in [6, 6.07) is 9.76. The van der Waals surface area contributed by atoms with Gasteiger partial charge in [-0.25, -0.2) is 4.98 Å². The van der Waals surface area contributed by atoms with Gasteiger partial charge < -0.3 is 33.8 Å². The van der Waals surface area contributed by atoms with Gasteiger partial charge in [-0.2, -0.15) is 4.98 Å². The zero-order chi connectivity index (χ0) is 22.6. The van der Waals surface area contributed by atoms with Crippen LogP contribution in [0.5, 0.6) is 11.8 Å². The van der Waals surface area contributed by atoms with E-state index in [1.165, 1.54) is 0 Å². The van der Waals surface area contributed by atoms with E-state index in [9.17, 15) is 5.11 Å². The quantitative estimate of drug-likeness (QED) is 0.562. The second-order valence-electron chi connectivity index (χ2n) is 9.17. The molecule has 33 heavy (non-hydrogen) atoms. The van der Waals surface area contributed by atoms with Crippen LogP contribution in [-0.2, 0) is 14.2 Å². The van der Waals surface area contributed by atoms with Gasteiger partial charge >= 0.3 is 0 Å². The molecular weight excluding hydrogens is 450 g/mol. The molecule has 0 unspecified atom stereocenters. The second-order valence-corrected chi connectivity index (χ2v) is 9.58. The molecule has 0 bridgehead atoms. The summed E-state index contributed by atoms with van der Waals surface area (Å²) in [5.41, 5.74) is 2.73. The number of fused-ring (bicyclic) bond motifs is 2. The van der Waals surface area contributed by atoms with Gasteiger partial charge in [0, 0.05) is 11.0 Å². The molecule has 3 fully saturated rings. The molecule has 0 aliphatic carbocycles. The third-order valence-corrected chi connectivity index (χ3v) is 6.55. The summed E-state index contributed by atoms with van der Waals surface area (Å²) >= 11 is 6.53. The molecule has 2 N–H and O–H groups in total. The van der Waals surface area contributed by atoms with Crippen molar-refractivity contribution >= 4 is 22.8 Å². The van der Waals surface area contributed by atoms with Crippen LogP contribution in [0.3, 0.4) is 0 Å². The predicted molar refractivity (Wildman–Crippen MR) is 119 cm³/mol. The summed E-state index contributed by atoms with van der Waals surface area (Å²) < 4.78 is 28.3. The molecule has 2 aromatic heterocycles. The number of aliphatic hydroxyl groups is 1. The SMILES string of the molecule is CC1(COc2ccc(-c3nc4nc(O[C@@H]5CO[C@H]6[C@@H]5OC[C@H]6O)[nH]c4cc3Cl)cc2)COC1. The van der Waals surface area contributed by atoms with E-state index >= 15 is 0 Å². The van der Waals surface area contributed by atoms with Crippen molar-refractivity contribution in [1.82, 2.24) is 15.0 Å². The summed E-state index contributed by atoms with van der Waals surface area (Å²) in [5.74, 6) is 0.788. The molecule has 0 radical (unpaired) electrons. The average molecular weight is 474 g/mol. The number of benzene rings is 1. The molecule has 3 aliphatic heterocycles. The smallest absolute Gasteiger partial charge is 0.296 e. The first-order chi connectivity index (χ1) is 16.0. The molecule has 0 amide bonds. The Morgan fingerprint density at radius 3 is 2.70 bits per heavy atom. The van der Waals surface area contributed by atoms with Crippen molar-refractivity contribution in [2.24, 2.45) is 5.41 Å². The molecule has 3 aliphatic rings. The van der Waals surface area contributed by atoms with Gasteiger partial charge in [0.05, 0.1) is 49.3 Å². The van der Waals surface area contributed by atoms with Crippen LogP contribution in [0.1, 0.15) is 6.92 Å². The van der Waals surface area contributed by atoms with Gasteiger partial charge in [-0.05, 0) is 30.3 Å². The number of rotatable bonds is 6. The van der Waals surface area contributed by atoms with Gasteiger partial charge in [0.15, 0.2) is 11.8 Å². The van der Waals surface area contributed by atoms with Crippen LogP contribution >= 0.6 is 11.6 Å². The number of aromatic nitrogens is 3. The molecule has 9 nitrogen and oxygen atoms in total. The number of aliphatic hydroxyl groups excluding tert-OH is 1. The molecule has 4 atom stereocenters. The van der Waals surface area contributed by atoms with E-state index in [1.54, 1.807) is 6.07 Å². The first-order valence-electron chi connectivity index (χ1n) is 10.9. The minimum atomic E-state index is -0.630. The molecule has 0 spiro atoms. The van der Waals surface area contributed by atoms with Crippen molar-refractivity contribution in [1.29, 1.82) is 0 Å². The maximum Gasteiger partial charge on any atom is 0.296 e. The fraction of sp³-hybridized carbons (Fsp3) is 0.478. The number of imidazole rings is 1. The predicted octanol–water partition coefficient (Wildman–Crippen LogP) is 2.60. The molecule has 0 saturated carbocycles. The van der Waals surface area contributed by atoms with E-state index in [0.717, 1.165) is 24.5 Å². The van der Waals surface area contributed by atoms with Crippen molar-refractivity contribution in [3.8, 4) is 23.0 Å². The van der Waals surface area contributed by atoms with Gasteiger partial charge in [0.1, 0.15) is 24.1 Å². The number of hydrogen-bond acceptors (Lipinski definition) is 8. The summed E-state index contributed by atoms with van der Waals surface area (Å²) in [4.78, 5) is 12.2. The average Bonchev–Trinajstić information content (AvgIpc) is 3.47. The first-order valence-corrected chi connectivity index (χ1v) is 11.3. The topological polar surface area (TPSA) is 108 Å². The zero-order valence-corrected chi connectivity index (χ0v) is 18.7. The molecule has 10 heteroatoms. The number of hydrogen-bond donors (Lipinski definition) is 2. The first kappa shape index (κ1) is 21.1. The molecule has 6 rings (SSSR count). The summed E-state index contributed by atoms with van der Waals surface area (Å²) in [5, 5.41) is 10.4. The van der Waals surface area contributed by atoms with Crippen LogP contribution in [-0.4, -0.2) is 77.5 Å². The van der Waals surface area contributed by atoms with Gasteiger partial charge in [0.2, 0.25) is 0 Å². The van der Waals surface area contributed by atoms with Crippen molar-refractivity contribution in [3.05, 3.63) is 35.4 Å². The third kappa shape index (κ3) is 3.94. The van der Waals surface area contributed by atoms with E-state index in [1.807, 2.05) is 24.3 Å². The lowest BCUT2D eigenvalue weighted by Crippen LogP contribution is -2.44. The number of nitrogens with one attached hydrogen (secondary N) is 1. The van der Waals surface area contributed by atoms with E-state index in [-0.39, 0.29) is 30.3 Å². The van der Waals surface area contributed by atoms with Gasteiger partial charge in [0.25, 0.3) is 6.01 Å². The van der Waals surface area contributed by atoms with Gasteiger partial charge in [-0.15, -0.1) is 0 Å². The summed E-state index contributed by atoms with van der Waals surface area (Å²) in [7, 11) is 0. The van der Waals surface area contributed by atoms with Crippen molar-refractivity contribution in [2.45, 2.75) is 31.3 Å². The Kier molecular flexibility index (Phi) is 5.19. The van der Waals surface area contributed by atoms with E-state index in [2.05, 4.69) is 21.9 Å². The Bertz CT molecular complexity index is 1160. The monoisotopic (exact) mass is 473 g/mol. The zero-order valence-electron chi connectivity index (χ0n) is 18.0. The van der Waals surface area contributed by atoms with Gasteiger partial charge in [-0.1, -0.05) is 18.5 Å². The Labute approximate surface area is 194 Å². The second kappa shape index (κ2) is 8.11. The molecular formula is C23H24ClN3O6. The number of halogens is 1. The summed E-state index contributed by atoms with van der Waals surface area (Å²) in [6.45, 7) is 4.78. The number of aromatic amines is 1. The number of H-pyrrole nitrogens is 1. The van der Waals surface area contributed by atoms with Crippen molar-refractivity contribution in [3.63, 3.8) is 0 Å². The number of ether oxygens (including phenoxy) is 5. The minimum absolute atomic E-state index is 0.0868. The van der Waals surface area contributed by atoms with E-state index < -0.39 is 6.10 Å².